The minimum Gasteiger partial charge on any atom is -0.481 e. The summed E-state index contributed by atoms with van der Waals surface area (Å²) < 4.78 is 37.5. The fourth-order valence-corrected chi connectivity index (χ4v) is 1.92. The molecule has 2 aromatic rings. The van der Waals surface area contributed by atoms with Crippen molar-refractivity contribution in [3.63, 3.8) is 0 Å². The molecule has 0 radical (unpaired) electrons. The maximum atomic E-state index is 12.5. The Hall–Kier alpha value is -2.64. The number of halogens is 3. The molecule has 0 aliphatic heterocycles. The average molecular weight is 312 g/mol. The Morgan fingerprint density at radius 3 is 2.32 bits per heavy atom. The van der Waals surface area contributed by atoms with Crippen molar-refractivity contribution in [2.24, 2.45) is 0 Å². The molecule has 2 rings (SSSR count). The molecule has 0 amide bonds. The van der Waals surface area contributed by atoms with Crippen LogP contribution in [0.5, 0.6) is 0 Å². The minimum atomic E-state index is -4.44. The number of aromatic amines is 1. The van der Waals surface area contributed by atoms with Crippen LogP contribution in [0.4, 0.5) is 13.2 Å². The third-order valence-corrected chi connectivity index (χ3v) is 3.04. The Kier molecular flexibility index (Phi) is 4.03. The molecule has 0 atom stereocenters. The van der Waals surface area contributed by atoms with Crippen LogP contribution in [0.25, 0.3) is 11.4 Å². The van der Waals surface area contributed by atoms with Gasteiger partial charge >= 0.3 is 12.1 Å². The number of hydrogen-bond acceptors (Lipinski definition) is 3. The average Bonchev–Trinajstić information content (AvgIpc) is 2.41. The topological polar surface area (TPSA) is 83.0 Å². The van der Waals surface area contributed by atoms with Gasteiger partial charge in [-0.2, -0.15) is 13.2 Å². The summed E-state index contributed by atoms with van der Waals surface area (Å²) in [6.45, 7) is 1.47. The second-order valence-electron chi connectivity index (χ2n) is 4.62. The van der Waals surface area contributed by atoms with Crippen molar-refractivity contribution in [3.05, 3.63) is 51.4 Å². The molecule has 0 aliphatic rings. The standard InChI is InChI=1S/C14H11F3N2O3/c1-7-10(6-11(20)21)13(22)19-12(18-7)8-2-4-9(5-3-8)14(15,16)17/h2-5H,6H2,1H3,(H,20,21)(H,18,19,22). The third-order valence-electron chi connectivity index (χ3n) is 3.04. The molecule has 0 aliphatic carbocycles. The summed E-state index contributed by atoms with van der Waals surface area (Å²) >= 11 is 0. The molecule has 1 aromatic carbocycles. The van der Waals surface area contributed by atoms with Crippen molar-refractivity contribution in [1.29, 1.82) is 0 Å². The number of nitrogens with one attached hydrogen (secondary N) is 1. The summed E-state index contributed by atoms with van der Waals surface area (Å²) in [4.78, 5) is 29.0. The summed E-state index contributed by atoms with van der Waals surface area (Å²) in [7, 11) is 0. The number of carboxylic acid groups (broad SMARTS) is 1. The van der Waals surface area contributed by atoms with Gasteiger partial charge in [-0.1, -0.05) is 12.1 Å². The minimum absolute atomic E-state index is 0.0168. The molecule has 0 fully saturated rings. The van der Waals surface area contributed by atoms with E-state index in [0.717, 1.165) is 12.1 Å². The number of carbonyl (C=O) groups is 1. The Morgan fingerprint density at radius 2 is 1.86 bits per heavy atom. The predicted molar refractivity (Wildman–Crippen MR) is 71.4 cm³/mol. The van der Waals surface area contributed by atoms with Crippen molar-refractivity contribution in [2.45, 2.75) is 19.5 Å². The van der Waals surface area contributed by atoms with E-state index >= 15 is 0 Å². The van der Waals surface area contributed by atoms with Crippen molar-refractivity contribution in [1.82, 2.24) is 9.97 Å². The molecule has 0 bridgehead atoms. The predicted octanol–water partition coefficient (Wildman–Crippen LogP) is 2.39. The maximum absolute atomic E-state index is 12.5. The molecule has 116 valence electrons. The van der Waals surface area contributed by atoms with Gasteiger partial charge in [0, 0.05) is 16.8 Å². The van der Waals surface area contributed by atoms with Gasteiger partial charge in [-0.25, -0.2) is 4.98 Å². The first-order valence-corrected chi connectivity index (χ1v) is 6.17. The van der Waals surface area contributed by atoms with Gasteiger partial charge in [-0.15, -0.1) is 0 Å². The maximum Gasteiger partial charge on any atom is 0.416 e. The number of carboxylic acids is 1. The van der Waals surface area contributed by atoms with E-state index in [-0.39, 0.29) is 17.1 Å². The highest BCUT2D eigenvalue weighted by Gasteiger charge is 2.30. The molecule has 0 unspecified atom stereocenters. The van der Waals surface area contributed by atoms with E-state index in [4.69, 9.17) is 5.11 Å². The lowest BCUT2D eigenvalue weighted by Crippen LogP contribution is -2.20. The van der Waals surface area contributed by atoms with E-state index < -0.39 is 29.7 Å². The lowest BCUT2D eigenvalue weighted by Gasteiger charge is -2.08. The number of hydrogen-bond donors (Lipinski definition) is 2. The van der Waals surface area contributed by atoms with Gasteiger partial charge in [0.2, 0.25) is 0 Å². The van der Waals surface area contributed by atoms with Crippen LogP contribution in [0.2, 0.25) is 0 Å². The van der Waals surface area contributed by atoms with E-state index in [2.05, 4.69) is 9.97 Å². The number of rotatable bonds is 3. The van der Waals surface area contributed by atoms with Crippen LogP contribution >= 0.6 is 0 Å². The SMILES string of the molecule is Cc1nc(-c2ccc(C(F)(F)F)cc2)[nH]c(=O)c1CC(=O)O. The number of aryl methyl sites for hydroxylation is 1. The zero-order chi connectivity index (χ0) is 16.5. The quantitative estimate of drug-likeness (QED) is 0.911. The van der Waals surface area contributed by atoms with Gasteiger partial charge in [-0.3, -0.25) is 9.59 Å². The van der Waals surface area contributed by atoms with Crippen molar-refractivity contribution in [2.75, 3.05) is 0 Å². The van der Waals surface area contributed by atoms with E-state index in [9.17, 15) is 22.8 Å². The summed E-state index contributed by atoms with van der Waals surface area (Å²) in [6.07, 6.45) is -4.91. The Morgan fingerprint density at radius 1 is 1.27 bits per heavy atom. The highest BCUT2D eigenvalue weighted by atomic mass is 19.4. The van der Waals surface area contributed by atoms with E-state index in [0.29, 0.717) is 5.56 Å². The van der Waals surface area contributed by atoms with Crippen LogP contribution in [0.1, 0.15) is 16.8 Å². The highest BCUT2D eigenvalue weighted by Crippen LogP contribution is 2.30. The second kappa shape index (κ2) is 5.63. The third kappa shape index (κ3) is 3.33. The van der Waals surface area contributed by atoms with Crippen LogP contribution in [0, 0.1) is 6.92 Å². The number of nitrogens with zero attached hydrogens (tertiary/aromatic N) is 1. The summed E-state index contributed by atoms with van der Waals surface area (Å²) in [5, 5.41) is 8.72. The molecule has 0 spiro atoms. The Bertz CT molecular complexity index is 764. The molecule has 1 aromatic heterocycles. The molecule has 1 heterocycles. The normalized spacial score (nSPS) is 11.5. The number of aromatic nitrogens is 2. The van der Waals surface area contributed by atoms with E-state index in [1.807, 2.05) is 0 Å². The van der Waals surface area contributed by atoms with Crippen LogP contribution < -0.4 is 5.56 Å². The van der Waals surface area contributed by atoms with Gasteiger partial charge in [0.1, 0.15) is 5.82 Å². The van der Waals surface area contributed by atoms with Gasteiger partial charge in [0.15, 0.2) is 0 Å². The number of H-pyrrole nitrogens is 1. The van der Waals surface area contributed by atoms with Gasteiger partial charge in [0.05, 0.1) is 12.0 Å². The lowest BCUT2D eigenvalue weighted by atomic mass is 10.1. The molecule has 8 heteroatoms. The first-order valence-electron chi connectivity index (χ1n) is 6.17. The largest absolute Gasteiger partial charge is 0.481 e. The zero-order valence-corrected chi connectivity index (χ0v) is 11.4. The fourth-order valence-electron chi connectivity index (χ4n) is 1.92. The Balaban J connectivity index is 2.42. The van der Waals surface area contributed by atoms with Crippen molar-refractivity contribution in [3.8, 4) is 11.4 Å². The molecule has 22 heavy (non-hydrogen) atoms. The molecular weight excluding hydrogens is 301 g/mol. The van der Waals surface area contributed by atoms with E-state index in [1.54, 1.807) is 0 Å². The van der Waals surface area contributed by atoms with Crippen molar-refractivity contribution >= 4 is 5.97 Å². The van der Waals surface area contributed by atoms with Crippen molar-refractivity contribution < 1.29 is 23.1 Å². The second-order valence-corrected chi connectivity index (χ2v) is 4.62. The van der Waals surface area contributed by atoms with Gasteiger partial charge < -0.3 is 10.1 Å². The van der Waals surface area contributed by atoms with Gasteiger partial charge in [0.25, 0.3) is 5.56 Å². The Labute approximate surface area is 122 Å². The summed E-state index contributed by atoms with van der Waals surface area (Å²) in [5.41, 5.74) is -0.887. The molecular formula is C14H11F3N2O3. The first-order chi connectivity index (χ1) is 10.2. The van der Waals surface area contributed by atoms with Crippen LogP contribution in [0.15, 0.2) is 29.1 Å². The number of benzene rings is 1. The van der Waals surface area contributed by atoms with E-state index in [1.165, 1.54) is 19.1 Å². The summed E-state index contributed by atoms with van der Waals surface area (Å²) in [5.74, 6) is -1.08. The number of alkyl halides is 3. The first kappa shape index (κ1) is 15.7. The number of aliphatic carboxylic acids is 1. The van der Waals surface area contributed by atoms with Crippen LogP contribution in [-0.4, -0.2) is 21.0 Å². The smallest absolute Gasteiger partial charge is 0.416 e. The zero-order valence-electron chi connectivity index (χ0n) is 11.4. The van der Waals surface area contributed by atoms with Crippen LogP contribution in [-0.2, 0) is 17.4 Å². The lowest BCUT2D eigenvalue weighted by molar-refractivity contribution is -0.138. The molecule has 5 nitrogen and oxygen atoms in total. The van der Waals surface area contributed by atoms with Gasteiger partial charge in [-0.05, 0) is 19.1 Å². The molecule has 0 saturated heterocycles. The monoisotopic (exact) mass is 312 g/mol. The molecule has 0 saturated carbocycles. The highest BCUT2D eigenvalue weighted by molar-refractivity contribution is 5.70. The molecule has 2 N–H and O–H groups in total. The van der Waals surface area contributed by atoms with Crippen LogP contribution in [0.3, 0.4) is 0 Å². The fraction of sp³-hybridized carbons (Fsp3) is 0.214. The summed E-state index contributed by atoms with van der Waals surface area (Å²) in [6, 6.07) is 4.15.